The topological polar surface area (TPSA) is 105 Å². The van der Waals surface area contributed by atoms with Crippen LogP contribution >= 0.6 is 0 Å². The molecule has 1 unspecified atom stereocenters. The number of ether oxygens (including phenoxy) is 1. The molecule has 2 amide bonds. The van der Waals surface area contributed by atoms with Crippen molar-refractivity contribution in [3.8, 4) is 5.75 Å². The van der Waals surface area contributed by atoms with Gasteiger partial charge in [0.2, 0.25) is 0 Å². The molecule has 128 valence electrons. The van der Waals surface area contributed by atoms with Gasteiger partial charge in [-0.05, 0) is 44.7 Å². The van der Waals surface area contributed by atoms with E-state index in [0.29, 0.717) is 42.7 Å². The number of nitrogens with one attached hydrogen (secondary N) is 2. The monoisotopic (exact) mass is 332 g/mol. The maximum absolute atomic E-state index is 12.6. The van der Waals surface area contributed by atoms with Crippen molar-refractivity contribution in [2.24, 2.45) is 5.92 Å². The van der Waals surface area contributed by atoms with Crippen LogP contribution in [0.15, 0.2) is 18.2 Å². The first kappa shape index (κ1) is 16.3. The lowest BCUT2D eigenvalue weighted by Gasteiger charge is -2.28. The molecule has 1 atom stereocenters. The van der Waals surface area contributed by atoms with Crippen molar-refractivity contribution in [2.45, 2.75) is 44.8 Å². The summed E-state index contributed by atoms with van der Waals surface area (Å²) < 4.78 is 5.58. The number of carboxylic acids is 1. The fourth-order valence-electron chi connectivity index (χ4n) is 3.15. The molecule has 1 aromatic rings. The molecule has 1 aromatic carbocycles. The van der Waals surface area contributed by atoms with Gasteiger partial charge in [-0.3, -0.25) is 14.4 Å². The van der Waals surface area contributed by atoms with Crippen LogP contribution in [-0.4, -0.2) is 35.0 Å². The molecule has 0 saturated heterocycles. The molecule has 24 heavy (non-hydrogen) atoms. The lowest BCUT2D eigenvalue weighted by molar-refractivity contribution is -0.142. The zero-order valence-corrected chi connectivity index (χ0v) is 13.4. The first-order valence-electron chi connectivity index (χ1n) is 8.10. The van der Waals surface area contributed by atoms with Crippen molar-refractivity contribution in [1.82, 2.24) is 5.32 Å². The van der Waals surface area contributed by atoms with Gasteiger partial charge in [-0.25, -0.2) is 0 Å². The molecule has 1 aliphatic carbocycles. The maximum atomic E-state index is 12.6. The number of carbonyl (C=O) groups is 3. The summed E-state index contributed by atoms with van der Waals surface area (Å²) in [7, 11) is 0. The standard InChI is InChI=1S/C17H20N2O5/c1-9-15(20)19-13-4-2-3-12(14(13)24-9)16(21)18-11-7-5-10(6-8-11)17(22)23/h2-4,9-11H,5-8H2,1H3,(H,18,21)(H,19,20)(H,22,23). The van der Waals surface area contributed by atoms with Gasteiger partial charge in [-0.1, -0.05) is 6.07 Å². The molecule has 1 saturated carbocycles. The molecular weight excluding hydrogens is 312 g/mol. The van der Waals surface area contributed by atoms with Crippen LogP contribution in [0.5, 0.6) is 5.75 Å². The first-order chi connectivity index (χ1) is 11.5. The molecule has 0 bridgehead atoms. The number of hydrogen-bond donors (Lipinski definition) is 3. The largest absolute Gasteiger partial charge is 0.481 e. The van der Waals surface area contributed by atoms with E-state index in [2.05, 4.69) is 10.6 Å². The molecule has 1 heterocycles. The number of carboxylic acid groups (broad SMARTS) is 1. The fourth-order valence-corrected chi connectivity index (χ4v) is 3.15. The van der Waals surface area contributed by atoms with Gasteiger partial charge >= 0.3 is 5.97 Å². The van der Waals surface area contributed by atoms with Crippen molar-refractivity contribution in [1.29, 1.82) is 0 Å². The number of fused-ring (bicyclic) bond motifs is 1. The van der Waals surface area contributed by atoms with Crippen molar-refractivity contribution >= 4 is 23.5 Å². The molecule has 0 radical (unpaired) electrons. The van der Waals surface area contributed by atoms with Gasteiger partial charge in [0.25, 0.3) is 11.8 Å². The molecule has 2 aliphatic rings. The molecule has 3 N–H and O–H groups in total. The van der Waals surface area contributed by atoms with Gasteiger partial charge in [0, 0.05) is 6.04 Å². The van der Waals surface area contributed by atoms with Crippen molar-refractivity contribution in [3.63, 3.8) is 0 Å². The second-order valence-electron chi connectivity index (χ2n) is 6.29. The predicted molar refractivity (Wildman–Crippen MR) is 86.0 cm³/mol. The van der Waals surface area contributed by atoms with Crippen LogP contribution in [-0.2, 0) is 9.59 Å². The Morgan fingerprint density at radius 1 is 1.25 bits per heavy atom. The van der Waals surface area contributed by atoms with Crippen molar-refractivity contribution in [3.05, 3.63) is 23.8 Å². The minimum atomic E-state index is -0.768. The summed E-state index contributed by atoms with van der Waals surface area (Å²) in [5, 5.41) is 14.7. The first-order valence-corrected chi connectivity index (χ1v) is 8.10. The molecule has 7 nitrogen and oxygen atoms in total. The second-order valence-corrected chi connectivity index (χ2v) is 6.29. The van der Waals surface area contributed by atoms with Gasteiger partial charge in [-0.15, -0.1) is 0 Å². The Balaban J connectivity index is 1.70. The van der Waals surface area contributed by atoms with E-state index in [1.54, 1.807) is 25.1 Å². The highest BCUT2D eigenvalue weighted by molar-refractivity contribution is 6.04. The lowest BCUT2D eigenvalue weighted by Crippen LogP contribution is -2.40. The summed E-state index contributed by atoms with van der Waals surface area (Å²) in [5.41, 5.74) is 0.861. The number of benzene rings is 1. The van der Waals surface area contributed by atoms with E-state index in [4.69, 9.17) is 9.84 Å². The number of para-hydroxylation sites is 1. The van der Waals surface area contributed by atoms with E-state index in [-0.39, 0.29) is 23.8 Å². The van der Waals surface area contributed by atoms with E-state index in [0.717, 1.165) is 0 Å². The van der Waals surface area contributed by atoms with Crippen LogP contribution in [0.4, 0.5) is 5.69 Å². The SMILES string of the molecule is CC1Oc2c(cccc2C(=O)NC2CCC(C(=O)O)CC2)NC1=O. The zero-order valence-electron chi connectivity index (χ0n) is 13.4. The number of amides is 2. The Labute approximate surface area is 139 Å². The van der Waals surface area contributed by atoms with E-state index < -0.39 is 12.1 Å². The van der Waals surface area contributed by atoms with Crippen molar-refractivity contribution < 1.29 is 24.2 Å². The lowest BCUT2D eigenvalue weighted by atomic mass is 9.86. The Bertz CT molecular complexity index is 680. The van der Waals surface area contributed by atoms with Crippen LogP contribution in [0.1, 0.15) is 43.0 Å². The van der Waals surface area contributed by atoms with Crippen LogP contribution < -0.4 is 15.4 Å². The van der Waals surface area contributed by atoms with Crippen LogP contribution in [0, 0.1) is 5.92 Å². The third kappa shape index (κ3) is 3.20. The minimum Gasteiger partial charge on any atom is -0.481 e. The normalized spacial score (nSPS) is 25.9. The summed E-state index contributed by atoms with van der Waals surface area (Å²) in [4.78, 5) is 35.2. The summed E-state index contributed by atoms with van der Waals surface area (Å²) in [6.45, 7) is 1.63. The Kier molecular flexibility index (Phi) is 4.42. The molecule has 0 aromatic heterocycles. The Hall–Kier alpha value is -2.57. The molecule has 1 fully saturated rings. The summed E-state index contributed by atoms with van der Waals surface area (Å²) in [6, 6.07) is 4.99. The quantitative estimate of drug-likeness (QED) is 0.782. The third-order valence-corrected chi connectivity index (χ3v) is 4.59. The molecular formula is C17H20N2O5. The molecule has 3 rings (SSSR count). The molecule has 0 spiro atoms. The average molecular weight is 332 g/mol. The van der Waals surface area contributed by atoms with Crippen LogP contribution in [0.25, 0.3) is 0 Å². The van der Waals surface area contributed by atoms with E-state index in [1.165, 1.54) is 0 Å². The van der Waals surface area contributed by atoms with Gasteiger partial charge in [-0.2, -0.15) is 0 Å². The molecule has 1 aliphatic heterocycles. The highest BCUT2D eigenvalue weighted by atomic mass is 16.5. The summed E-state index contributed by atoms with van der Waals surface area (Å²) in [5.74, 6) is -1.22. The minimum absolute atomic E-state index is 0.0421. The zero-order chi connectivity index (χ0) is 17.3. The summed E-state index contributed by atoms with van der Waals surface area (Å²) in [6.07, 6.45) is 1.77. The summed E-state index contributed by atoms with van der Waals surface area (Å²) >= 11 is 0. The number of rotatable bonds is 3. The predicted octanol–water partition coefficient (Wildman–Crippen LogP) is 1.78. The highest BCUT2D eigenvalue weighted by Gasteiger charge is 2.30. The molecule has 7 heteroatoms. The van der Waals surface area contributed by atoms with Crippen LogP contribution in [0.3, 0.4) is 0 Å². The van der Waals surface area contributed by atoms with Gasteiger partial charge < -0.3 is 20.5 Å². The highest BCUT2D eigenvalue weighted by Crippen LogP contribution is 2.33. The van der Waals surface area contributed by atoms with Crippen LogP contribution in [0.2, 0.25) is 0 Å². The van der Waals surface area contributed by atoms with Crippen molar-refractivity contribution in [2.75, 3.05) is 5.32 Å². The maximum Gasteiger partial charge on any atom is 0.306 e. The Morgan fingerprint density at radius 3 is 2.62 bits per heavy atom. The van der Waals surface area contributed by atoms with Gasteiger partial charge in [0.05, 0.1) is 17.2 Å². The van der Waals surface area contributed by atoms with Gasteiger partial charge in [0.15, 0.2) is 11.9 Å². The second kappa shape index (κ2) is 6.51. The number of anilines is 1. The average Bonchev–Trinajstić information content (AvgIpc) is 2.56. The third-order valence-electron chi connectivity index (χ3n) is 4.59. The van der Waals surface area contributed by atoms with Gasteiger partial charge in [0.1, 0.15) is 0 Å². The number of carbonyl (C=O) groups excluding carboxylic acids is 2. The van der Waals surface area contributed by atoms with E-state index in [1.807, 2.05) is 0 Å². The smallest absolute Gasteiger partial charge is 0.306 e. The number of hydrogen-bond acceptors (Lipinski definition) is 4. The Morgan fingerprint density at radius 2 is 1.96 bits per heavy atom. The van der Waals surface area contributed by atoms with E-state index in [9.17, 15) is 14.4 Å². The number of aliphatic carboxylic acids is 1. The fraction of sp³-hybridized carbons (Fsp3) is 0.471. The van der Waals surface area contributed by atoms with E-state index >= 15 is 0 Å².